The van der Waals surface area contributed by atoms with Crippen molar-refractivity contribution in [1.29, 1.82) is 0 Å². The van der Waals surface area contributed by atoms with Crippen molar-refractivity contribution in [2.24, 2.45) is 0 Å². The summed E-state index contributed by atoms with van der Waals surface area (Å²) in [6.07, 6.45) is 1.31. The van der Waals surface area contributed by atoms with Crippen LogP contribution in [0.1, 0.15) is 13.3 Å². The van der Waals surface area contributed by atoms with Gasteiger partial charge in [-0.15, -0.1) is 11.8 Å². The van der Waals surface area contributed by atoms with Gasteiger partial charge in [0.05, 0.1) is 0 Å². The summed E-state index contributed by atoms with van der Waals surface area (Å²) in [5.41, 5.74) is 1.57. The Morgan fingerprint density at radius 2 is 2.43 bits per heavy atom. The first-order valence-electron chi connectivity index (χ1n) is 2.29. The molecule has 1 heterocycles. The Bertz CT molecular complexity index is 94.6. The highest BCUT2D eigenvalue weighted by molar-refractivity contribution is 14.1. The highest BCUT2D eigenvalue weighted by Crippen LogP contribution is 2.35. The second-order valence-electron chi connectivity index (χ2n) is 1.65. The number of halogens is 1. The van der Waals surface area contributed by atoms with E-state index in [1.54, 1.807) is 5.57 Å². The molecule has 0 amide bonds. The van der Waals surface area contributed by atoms with Crippen LogP contribution in [0.4, 0.5) is 0 Å². The van der Waals surface area contributed by atoms with E-state index < -0.39 is 0 Å². The SMILES string of the molecule is CC1=C(I)SCC1. The number of thioether (sulfide) groups is 1. The Kier molecular flexibility index (Phi) is 2.04. The molecule has 0 nitrogen and oxygen atoms in total. The van der Waals surface area contributed by atoms with E-state index in [9.17, 15) is 0 Å². The zero-order chi connectivity index (χ0) is 5.28. The third kappa shape index (κ3) is 1.35. The van der Waals surface area contributed by atoms with Gasteiger partial charge in [0.2, 0.25) is 0 Å². The second kappa shape index (κ2) is 2.40. The zero-order valence-corrected chi connectivity index (χ0v) is 7.17. The Hall–Kier alpha value is 0.820. The van der Waals surface area contributed by atoms with Crippen molar-refractivity contribution in [3.05, 3.63) is 8.48 Å². The fourth-order valence-corrected chi connectivity index (χ4v) is 2.38. The molecule has 0 radical (unpaired) electrons. The molecule has 0 unspecified atom stereocenters. The fourth-order valence-electron chi connectivity index (χ4n) is 0.515. The topological polar surface area (TPSA) is 0 Å². The van der Waals surface area contributed by atoms with Gasteiger partial charge in [0.1, 0.15) is 0 Å². The van der Waals surface area contributed by atoms with Gasteiger partial charge in [-0.1, -0.05) is 5.57 Å². The van der Waals surface area contributed by atoms with Crippen molar-refractivity contribution in [2.45, 2.75) is 13.3 Å². The number of hydrogen-bond acceptors (Lipinski definition) is 1. The summed E-state index contributed by atoms with van der Waals surface area (Å²) < 4.78 is 1.51. The molecule has 0 aromatic carbocycles. The van der Waals surface area contributed by atoms with Gasteiger partial charge in [0.15, 0.2) is 0 Å². The molecule has 0 aromatic rings. The minimum Gasteiger partial charge on any atom is -0.119 e. The van der Waals surface area contributed by atoms with Crippen LogP contribution in [0.5, 0.6) is 0 Å². The molecule has 0 atom stereocenters. The largest absolute Gasteiger partial charge is 0.119 e. The molecule has 0 saturated heterocycles. The monoisotopic (exact) mass is 226 g/mol. The van der Waals surface area contributed by atoms with E-state index in [1.165, 1.54) is 15.1 Å². The lowest BCUT2D eigenvalue weighted by molar-refractivity contribution is 1.14. The fraction of sp³-hybridized carbons (Fsp3) is 0.600. The van der Waals surface area contributed by atoms with Crippen LogP contribution in [0.25, 0.3) is 0 Å². The zero-order valence-electron chi connectivity index (χ0n) is 4.20. The number of allylic oxidation sites excluding steroid dienone is 1. The van der Waals surface area contributed by atoms with Crippen molar-refractivity contribution in [1.82, 2.24) is 0 Å². The molecule has 0 N–H and O–H groups in total. The maximum Gasteiger partial charge on any atom is 0.0447 e. The Morgan fingerprint density at radius 1 is 1.71 bits per heavy atom. The third-order valence-corrected chi connectivity index (χ3v) is 3.91. The summed E-state index contributed by atoms with van der Waals surface area (Å²) in [4.78, 5) is 0. The standard InChI is InChI=1S/C5H7IS/c1-4-2-3-7-5(4)6/h2-3H2,1H3. The molecule has 2 heteroatoms. The quantitative estimate of drug-likeness (QED) is 0.572. The van der Waals surface area contributed by atoms with Crippen molar-refractivity contribution in [3.63, 3.8) is 0 Å². The predicted molar refractivity (Wildman–Crippen MR) is 43.8 cm³/mol. The van der Waals surface area contributed by atoms with Crippen LogP contribution >= 0.6 is 34.4 Å². The second-order valence-corrected chi connectivity index (χ2v) is 4.57. The van der Waals surface area contributed by atoms with Crippen molar-refractivity contribution < 1.29 is 0 Å². The number of hydrogen-bond donors (Lipinski definition) is 0. The van der Waals surface area contributed by atoms with E-state index in [-0.39, 0.29) is 0 Å². The molecule has 1 aliphatic rings. The van der Waals surface area contributed by atoms with Crippen LogP contribution in [-0.2, 0) is 0 Å². The Morgan fingerprint density at radius 3 is 2.57 bits per heavy atom. The van der Waals surface area contributed by atoms with Gasteiger partial charge >= 0.3 is 0 Å². The average Bonchev–Trinajstić information content (AvgIpc) is 1.91. The molecule has 40 valence electrons. The van der Waals surface area contributed by atoms with E-state index in [0.717, 1.165) is 0 Å². The van der Waals surface area contributed by atoms with E-state index in [4.69, 9.17) is 0 Å². The smallest absolute Gasteiger partial charge is 0.0447 e. The van der Waals surface area contributed by atoms with Gasteiger partial charge in [-0.3, -0.25) is 0 Å². The van der Waals surface area contributed by atoms with Gasteiger partial charge < -0.3 is 0 Å². The van der Waals surface area contributed by atoms with Crippen molar-refractivity contribution >= 4 is 34.4 Å². The first-order chi connectivity index (χ1) is 3.30. The van der Waals surface area contributed by atoms with Crippen LogP contribution in [0.15, 0.2) is 8.48 Å². The molecular weight excluding hydrogens is 219 g/mol. The normalized spacial score (nSPS) is 21.4. The lowest BCUT2D eigenvalue weighted by atomic mass is 10.3. The molecule has 0 saturated carbocycles. The van der Waals surface area contributed by atoms with Crippen LogP contribution in [0, 0.1) is 0 Å². The van der Waals surface area contributed by atoms with Crippen LogP contribution in [-0.4, -0.2) is 5.75 Å². The van der Waals surface area contributed by atoms with E-state index in [2.05, 4.69) is 29.5 Å². The minimum atomic E-state index is 1.31. The van der Waals surface area contributed by atoms with Crippen molar-refractivity contribution in [3.8, 4) is 0 Å². The van der Waals surface area contributed by atoms with Crippen LogP contribution in [0.2, 0.25) is 0 Å². The summed E-state index contributed by atoms with van der Waals surface area (Å²) in [6, 6.07) is 0. The Balaban J connectivity index is 2.64. The van der Waals surface area contributed by atoms with Gasteiger partial charge in [0.25, 0.3) is 0 Å². The van der Waals surface area contributed by atoms with Crippen molar-refractivity contribution in [2.75, 3.05) is 5.75 Å². The minimum absolute atomic E-state index is 1.31. The summed E-state index contributed by atoms with van der Waals surface area (Å²) in [5, 5.41) is 0. The predicted octanol–water partition coefficient (Wildman–Crippen LogP) is 2.79. The maximum absolute atomic E-state index is 2.40. The van der Waals surface area contributed by atoms with E-state index >= 15 is 0 Å². The molecule has 1 rings (SSSR count). The van der Waals surface area contributed by atoms with E-state index in [1.807, 2.05) is 11.8 Å². The van der Waals surface area contributed by atoms with Gasteiger partial charge in [-0.25, -0.2) is 0 Å². The lowest BCUT2D eigenvalue weighted by Gasteiger charge is -1.83. The van der Waals surface area contributed by atoms with Gasteiger partial charge in [-0.2, -0.15) is 0 Å². The first-order valence-corrected chi connectivity index (χ1v) is 4.35. The molecule has 0 aliphatic carbocycles. The average molecular weight is 226 g/mol. The first kappa shape index (κ1) is 5.95. The summed E-state index contributed by atoms with van der Waals surface area (Å²) in [5.74, 6) is 1.31. The molecule has 0 bridgehead atoms. The van der Waals surface area contributed by atoms with E-state index in [0.29, 0.717) is 0 Å². The Labute approximate surface area is 61.9 Å². The summed E-state index contributed by atoms with van der Waals surface area (Å²) in [6.45, 7) is 2.21. The van der Waals surface area contributed by atoms with Crippen LogP contribution < -0.4 is 0 Å². The highest BCUT2D eigenvalue weighted by Gasteiger charge is 2.06. The van der Waals surface area contributed by atoms with Crippen LogP contribution in [0.3, 0.4) is 0 Å². The molecule has 0 aromatic heterocycles. The maximum atomic E-state index is 2.40. The highest BCUT2D eigenvalue weighted by atomic mass is 127. The van der Waals surface area contributed by atoms with Gasteiger partial charge in [0, 0.05) is 8.66 Å². The molecule has 0 spiro atoms. The third-order valence-electron chi connectivity index (χ3n) is 1.04. The molecule has 1 aliphatic heterocycles. The molecule has 0 fully saturated rings. The van der Waals surface area contributed by atoms with Gasteiger partial charge in [-0.05, 0) is 35.9 Å². The lowest BCUT2D eigenvalue weighted by Crippen LogP contribution is -1.66. The molecule has 7 heavy (non-hydrogen) atoms. The summed E-state index contributed by atoms with van der Waals surface area (Å²) in [7, 11) is 0. The number of rotatable bonds is 0. The summed E-state index contributed by atoms with van der Waals surface area (Å²) >= 11 is 4.37. The molecular formula is C5H7IS.